The molecular formula is C16H21N3O2. The van der Waals surface area contributed by atoms with Crippen molar-refractivity contribution in [1.29, 1.82) is 0 Å². The molecule has 0 radical (unpaired) electrons. The number of nitrogens with one attached hydrogen (secondary N) is 1. The van der Waals surface area contributed by atoms with Gasteiger partial charge in [0.05, 0.1) is 12.4 Å². The van der Waals surface area contributed by atoms with Crippen molar-refractivity contribution in [1.82, 2.24) is 9.78 Å². The van der Waals surface area contributed by atoms with Crippen LogP contribution in [0.2, 0.25) is 0 Å². The smallest absolute Gasteiger partial charge is 0.262 e. The maximum Gasteiger partial charge on any atom is 0.262 e. The van der Waals surface area contributed by atoms with Crippen LogP contribution in [0, 0.1) is 0 Å². The van der Waals surface area contributed by atoms with Gasteiger partial charge in [-0.15, -0.1) is 0 Å². The highest BCUT2D eigenvalue weighted by molar-refractivity contribution is 5.91. The zero-order chi connectivity index (χ0) is 15.2. The van der Waals surface area contributed by atoms with Crippen molar-refractivity contribution in [3.05, 3.63) is 42.2 Å². The van der Waals surface area contributed by atoms with Gasteiger partial charge < -0.3 is 10.1 Å². The highest BCUT2D eigenvalue weighted by Crippen LogP contribution is 2.17. The molecule has 5 heteroatoms. The molecule has 2 rings (SSSR count). The molecule has 0 fully saturated rings. The van der Waals surface area contributed by atoms with E-state index >= 15 is 0 Å². The number of carbonyl (C=O) groups is 1. The Bertz CT molecular complexity index is 588. The Morgan fingerprint density at radius 3 is 2.62 bits per heavy atom. The number of aromatic nitrogens is 2. The van der Waals surface area contributed by atoms with Crippen LogP contribution >= 0.6 is 0 Å². The minimum absolute atomic E-state index is 0.0264. The number of hydrogen-bond donors (Lipinski definition) is 1. The summed E-state index contributed by atoms with van der Waals surface area (Å²) in [7, 11) is 0. The molecule has 0 aliphatic rings. The number of rotatable bonds is 6. The topological polar surface area (TPSA) is 56.1 Å². The number of nitrogens with zero attached hydrogens (tertiary/aromatic N) is 2. The lowest BCUT2D eigenvalue weighted by Gasteiger charge is -2.08. The molecule has 0 aliphatic carbocycles. The molecule has 1 amide bonds. The Labute approximate surface area is 124 Å². The van der Waals surface area contributed by atoms with E-state index in [-0.39, 0.29) is 12.5 Å². The van der Waals surface area contributed by atoms with Crippen molar-refractivity contribution in [3.63, 3.8) is 0 Å². The van der Waals surface area contributed by atoms with E-state index in [0.29, 0.717) is 11.7 Å². The number of hydrogen-bond acceptors (Lipinski definition) is 3. The zero-order valence-electron chi connectivity index (χ0n) is 12.7. The van der Waals surface area contributed by atoms with Gasteiger partial charge in [0, 0.05) is 12.2 Å². The Balaban J connectivity index is 1.83. The van der Waals surface area contributed by atoms with Crippen LogP contribution in [0.4, 0.5) is 5.69 Å². The second-order valence-corrected chi connectivity index (χ2v) is 5.15. The number of ether oxygens (including phenoxy) is 1. The normalized spacial score (nSPS) is 10.7. The summed E-state index contributed by atoms with van der Waals surface area (Å²) in [5.41, 5.74) is 2.02. The second kappa shape index (κ2) is 6.92. The molecule has 21 heavy (non-hydrogen) atoms. The van der Waals surface area contributed by atoms with Crippen LogP contribution in [0.15, 0.2) is 36.7 Å². The summed E-state index contributed by atoms with van der Waals surface area (Å²) in [5, 5.41) is 6.89. The van der Waals surface area contributed by atoms with Crippen molar-refractivity contribution < 1.29 is 9.53 Å². The van der Waals surface area contributed by atoms with Crippen molar-refractivity contribution in [2.24, 2.45) is 0 Å². The van der Waals surface area contributed by atoms with Gasteiger partial charge in [0.1, 0.15) is 0 Å². The lowest BCUT2D eigenvalue weighted by Crippen LogP contribution is -2.20. The van der Waals surface area contributed by atoms with E-state index in [1.165, 1.54) is 5.56 Å². The van der Waals surface area contributed by atoms with E-state index in [1.807, 2.05) is 31.2 Å². The summed E-state index contributed by atoms with van der Waals surface area (Å²) in [5.74, 6) is 0.895. The molecule has 2 aromatic rings. The summed E-state index contributed by atoms with van der Waals surface area (Å²) >= 11 is 0. The third-order valence-corrected chi connectivity index (χ3v) is 3.16. The van der Waals surface area contributed by atoms with Gasteiger partial charge in [-0.3, -0.25) is 9.48 Å². The molecule has 0 saturated heterocycles. The third-order valence-electron chi connectivity index (χ3n) is 3.16. The van der Waals surface area contributed by atoms with E-state index in [2.05, 4.69) is 24.3 Å². The number of anilines is 1. The van der Waals surface area contributed by atoms with Crippen LogP contribution in [0.25, 0.3) is 0 Å². The fourth-order valence-electron chi connectivity index (χ4n) is 1.89. The fraction of sp³-hybridized carbons (Fsp3) is 0.375. The van der Waals surface area contributed by atoms with Gasteiger partial charge in [-0.1, -0.05) is 26.0 Å². The average Bonchev–Trinajstić information content (AvgIpc) is 2.94. The molecule has 0 aliphatic heterocycles. The van der Waals surface area contributed by atoms with Gasteiger partial charge in [0.25, 0.3) is 5.91 Å². The van der Waals surface area contributed by atoms with Crippen molar-refractivity contribution in [2.45, 2.75) is 33.2 Å². The maximum absolute atomic E-state index is 11.8. The van der Waals surface area contributed by atoms with E-state index < -0.39 is 0 Å². The third kappa shape index (κ3) is 4.34. The van der Waals surface area contributed by atoms with E-state index in [9.17, 15) is 4.79 Å². The fourth-order valence-corrected chi connectivity index (χ4v) is 1.89. The average molecular weight is 287 g/mol. The van der Waals surface area contributed by atoms with Crippen LogP contribution < -0.4 is 10.1 Å². The molecule has 1 aromatic carbocycles. The number of aryl methyl sites for hydroxylation is 1. The number of benzene rings is 1. The van der Waals surface area contributed by atoms with Crippen molar-refractivity contribution in [3.8, 4) is 5.75 Å². The Morgan fingerprint density at radius 2 is 2.05 bits per heavy atom. The predicted octanol–water partition coefficient (Wildman–Crippen LogP) is 3.04. The highest BCUT2D eigenvalue weighted by atomic mass is 16.5. The van der Waals surface area contributed by atoms with E-state index in [0.717, 1.165) is 12.2 Å². The molecule has 0 unspecified atom stereocenters. The van der Waals surface area contributed by atoms with Crippen LogP contribution in [0.1, 0.15) is 32.3 Å². The van der Waals surface area contributed by atoms with Crippen LogP contribution in [0.5, 0.6) is 5.75 Å². The molecular weight excluding hydrogens is 266 g/mol. The molecule has 0 bridgehead atoms. The zero-order valence-corrected chi connectivity index (χ0v) is 12.7. The summed E-state index contributed by atoms with van der Waals surface area (Å²) < 4.78 is 7.14. The quantitative estimate of drug-likeness (QED) is 0.888. The first-order valence-corrected chi connectivity index (χ1v) is 7.13. The van der Waals surface area contributed by atoms with Gasteiger partial charge in [-0.05, 0) is 30.5 Å². The second-order valence-electron chi connectivity index (χ2n) is 5.15. The van der Waals surface area contributed by atoms with E-state index in [4.69, 9.17) is 4.74 Å². The maximum atomic E-state index is 11.8. The summed E-state index contributed by atoms with van der Waals surface area (Å²) in [4.78, 5) is 11.8. The Hall–Kier alpha value is -2.30. The molecule has 0 spiro atoms. The van der Waals surface area contributed by atoms with Crippen LogP contribution in [-0.4, -0.2) is 22.3 Å². The first kappa shape index (κ1) is 15.1. The number of carbonyl (C=O) groups excluding carboxylic acids is 1. The van der Waals surface area contributed by atoms with Crippen molar-refractivity contribution in [2.75, 3.05) is 11.9 Å². The minimum atomic E-state index is -0.184. The summed E-state index contributed by atoms with van der Waals surface area (Å²) in [6, 6.07) is 7.85. The van der Waals surface area contributed by atoms with Gasteiger partial charge in [0.2, 0.25) is 0 Å². The molecule has 0 saturated carbocycles. The Kier molecular flexibility index (Phi) is 4.98. The van der Waals surface area contributed by atoms with Gasteiger partial charge >= 0.3 is 0 Å². The predicted molar refractivity (Wildman–Crippen MR) is 82.6 cm³/mol. The lowest BCUT2D eigenvalue weighted by atomic mass is 10.0. The van der Waals surface area contributed by atoms with Crippen LogP contribution in [-0.2, 0) is 11.3 Å². The van der Waals surface area contributed by atoms with Gasteiger partial charge in [0.15, 0.2) is 12.4 Å². The molecule has 0 atom stereocenters. The first-order chi connectivity index (χ1) is 10.1. The van der Waals surface area contributed by atoms with Crippen molar-refractivity contribution >= 4 is 11.6 Å². The molecule has 5 nitrogen and oxygen atoms in total. The number of amides is 1. The van der Waals surface area contributed by atoms with Crippen LogP contribution in [0.3, 0.4) is 0 Å². The lowest BCUT2D eigenvalue weighted by molar-refractivity contribution is -0.118. The summed E-state index contributed by atoms with van der Waals surface area (Å²) in [6.07, 6.45) is 3.37. The Morgan fingerprint density at radius 1 is 1.33 bits per heavy atom. The first-order valence-electron chi connectivity index (χ1n) is 7.13. The largest absolute Gasteiger partial charge is 0.480 e. The summed E-state index contributed by atoms with van der Waals surface area (Å²) in [6.45, 7) is 7.01. The standard InChI is InChI=1S/C16H21N3O2/c1-4-19-10-15(9-17-19)21-11-16(20)18-14-7-5-13(6-8-14)12(2)3/h5-10,12H,4,11H2,1-3H3,(H,18,20). The SMILES string of the molecule is CCn1cc(OCC(=O)Nc2ccc(C(C)C)cc2)cn1. The van der Waals surface area contributed by atoms with E-state index in [1.54, 1.807) is 17.1 Å². The molecule has 1 N–H and O–H groups in total. The highest BCUT2D eigenvalue weighted by Gasteiger charge is 2.06. The molecule has 1 heterocycles. The van der Waals surface area contributed by atoms with Gasteiger partial charge in [-0.25, -0.2) is 0 Å². The molecule has 1 aromatic heterocycles. The molecule has 112 valence electrons. The monoisotopic (exact) mass is 287 g/mol. The minimum Gasteiger partial charge on any atom is -0.480 e. The van der Waals surface area contributed by atoms with Gasteiger partial charge in [-0.2, -0.15) is 5.10 Å².